The van der Waals surface area contributed by atoms with Crippen LogP contribution in [-0.2, 0) is 6.54 Å². The Balaban J connectivity index is 2.59. The zero-order chi connectivity index (χ0) is 11.5. The summed E-state index contributed by atoms with van der Waals surface area (Å²) in [6.45, 7) is 4.71. The first-order chi connectivity index (χ1) is 7.70. The van der Waals surface area contributed by atoms with Crippen LogP contribution in [-0.4, -0.2) is 11.0 Å². The third-order valence-electron chi connectivity index (χ3n) is 2.42. The van der Waals surface area contributed by atoms with Crippen LogP contribution in [0, 0.1) is 0 Å². The zero-order valence-electron chi connectivity index (χ0n) is 9.70. The van der Waals surface area contributed by atoms with Gasteiger partial charge in [0.2, 0.25) is 0 Å². The lowest BCUT2D eigenvalue weighted by Gasteiger charge is -2.13. The molecule has 2 aromatic rings. The maximum absolute atomic E-state index is 5.65. The Morgan fingerprint density at radius 1 is 1.31 bits per heavy atom. The Morgan fingerprint density at radius 2 is 2.06 bits per heavy atom. The highest BCUT2D eigenvalue weighted by molar-refractivity contribution is 5.91. The molecule has 0 unspecified atom stereocenters. The lowest BCUT2D eigenvalue weighted by molar-refractivity contribution is 0.898. The monoisotopic (exact) mass is 215 g/mol. The second-order valence-electron chi connectivity index (χ2n) is 4.18. The fraction of sp³-hybridized carbons (Fsp3) is 0.308. The molecule has 0 saturated heterocycles. The summed E-state index contributed by atoms with van der Waals surface area (Å²) in [5.74, 6) is 0. The van der Waals surface area contributed by atoms with Gasteiger partial charge in [-0.1, -0.05) is 18.2 Å². The van der Waals surface area contributed by atoms with E-state index in [-0.39, 0.29) is 0 Å². The molecule has 1 aromatic heterocycles. The lowest BCUT2D eigenvalue weighted by atomic mass is 10.1. The number of hydrogen-bond donors (Lipinski definition) is 2. The number of rotatable bonds is 3. The minimum absolute atomic E-state index is 0.399. The molecule has 0 atom stereocenters. The molecule has 1 aromatic carbocycles. The first-order valence-corrected chi connectivity index (χ1v) is 5.56. The number of para-hydroxylation sites is 1. The highest BCUT2D eigenvalue weighted by Gasteiger charge is 2.05. The number of anilines is 1. The molecule has 0 fully saturated rings. The summed E-state index contributed by atoms with van der Waals surface area (Å²) in [6, 6.07) is 10.5. The van der Waals surface area contributed by atoms with Crippen molar-refractivity contribution in [2.75, 3.05) is 5.32 Å². The van der Waals surface area contributed by atoms with E-state index in [0.717, 1.165) is 22.3 Å². The number of nitrogens with zero attached hydrogens (tertiary/aromatic N) is 1. The van der Waals surface area contributed by atoms with E-state index in [1.165, 1.54) is 0 Å². The van der Waals surface area contributed by atoms with Crippen molar-refractivity contribution >= 4 is 16.6 Å². The number of hydrogen-bond acceptors (Lipinski definition) is 3. The second kappa shape index (κ2) is 4.49. The van der Waals surface area contributed by atoms with Crippen LogP contribution in [0.1, 0.15) is 19.5 Å². The third-order valence-corrected chi connectivity index (χ3v) is 2.42. The highest BCUT2D eigenvalue weighted by atomic mass is 14.9. The predicted octanol–water partition coefficient (Wildman–Crippen LogP) is 2.51. The average Bonchev–Trinajstić information content (AvgIpc) is 2.28. The molecule has 0 saturated carbocycles. The van der Waals surface area contributed by atoms with Crippen LogP contribution < -0.4 is 11.1 Å². The molecule has 3 nitrogen and oxygen atoms in total. The van der Waals surface area contributed by atoms with Crippen molar-refractivity contribution in [2.24, 2.45) is 5.73 Å². The van der Waals surface area contributed by atoms with Crippen molar-refractivity contribution in [3.8, 4) is 0 Å². The summed E-state index contributed by atoms with van der Waals surface area (Å²) in [6.07, 6.45) is 0. The van der Waals surface area contributed by atoms with Crippen molar-refractivity contribution in [1.82, 2.24) is 4.98 Å². The van der Waals surface area contributed by atoms with Crippen LogP contribution in [0.15, 0.2) is 30.3 Å². The van der Waals surface area contributed by atoms with Gasteiger partial charge in [0.1, 0.15) is 0 Å². The first-order valence-electron chi connectivity index (χ1n) is 5.56. The van der Waals surface area contributed by atoms with E-state index < -0.39 is 0 Å². The van der Waals surface area contributed by atoms with E-state index in [9.17, 15) is 0 Å². The minimum atomic E-state index is 0.399. The summed E-state index contributed by atoms with van der Waals surface area (Å²) in [7, 11) is 0. The van der Waals surface area contributed by atoms with E-state index in [1.807, 2.05) is 24.3 Å². The number of nitrogens with two attached hydrogens (primary N) is 1. The molecule has 2 rings (SSSR count). The summed E-state index contributed by atoms with van der Waals surface area (Å²) in [5.41, 5.74) is 8.67. The number of benzene rings is 1. The molecular weight excluding hydrogens is 198 g/mol. The fourth-order valence-electron chi connectivity index (χ4n) is 1.77. The van der Waals surface area contributed by atoms with E-state index in [4.69, 9.17) is 5.73 Å². The van der Waals surface area contributed by atoms with E-state index in [0.29, 0.717) is 12.6 Å². The standard InChI is InChI=1S/C13H17N3/c1-9(2)15-13-7-10(8-14)16-12-6-4-3-5-11(12)13/h3-7,9H,8,14H2,1-2H3,(H,15,16). The van der Waals surface area contributed by atoms with Gasteiger partial charge in [0.25, 0.3) is 0 Å². The van der Waals surface area contributed by atoms with Gasteiger partial charge in [-0.05, 0) is 26.0 Å². The molecular formula is C13H17N3. The third kappa shape index (κ3) is 2.14. The number of pyridine rings is 1. The number of aromatic nitrogens is 1. The Kier molecular flexibility index (Phi) is 3.06. The SMILES string of the molecule is CC(C)Nc1cc(CN)nc2ccccc12. The molecule has 3 N–H and O–H groups in total. The van der Waals surface area contributed by atoms with Gasteiger partial charge in [0.15, 0.2) is 0 Å². The van der Waals surface area contributed by atoms with Crippen molar-refractivity contribution < 1.29 is 0 Å². The van der Waals surface area contributed by atoms with Crippen LogP contribution in [0.4, 0.5) is 5.69 Å². The lowest BCUT2D eigenvalue weighted by Crippen LogP contribution is -2.11. The number of nitrogens with one attached hydrogen (secondary N) is 1. The molecule has 0 aliphatic heterocycles. The van der Waals surface area contributed by atoms with Crippen LogP contribution in [0.2, 0.25) is 0 Å². The molecule has 0 radical (unpaired) electrons. The van der Waals surface area contributed by atoms with E-state index >= 15 is 0 Å². The quantitative estimate of drug-likeness (QED) is 0.827. The highest BCUT2D eigenvalue weighted by Crippen LogP contribution is 2.23. The van der Waals surface area contributed by atoms with Gasteiger partial charge in [0, 0.05) is 23.7 Å². The maximum atomic E-state index is 5.65. The Labute approximate surface area is 95.7 Å². The molecule has 0 aliphatic carbocycles. The van der Waals surface area contributed by atoms with Crippen LogP contribution >= 0.6 is 0 Å². The van der Waals surface area contributed by atoms with Crippen molar-refractivity contribution in [3.05, 3.63) is 36.0 Å². The van der Waals surface area contributed by atoms with E-state index in [1.54, 1.807) is 0 Å². The van der Waals surface area contributed by atoms with Crippen molar-refractivity contribution in [3.63, 3.8) is 0 Å². The van der Waals surface area contributed by atoms with Crippen molar-refractivity contribution in [2.45, 2.75) is 26.4 Å². The molecule has 0 amide bonds. The first kappa shape index (κ1) is 10.9. The summed E-state index contributed by atoms with van der Waals surface area (Å²) >= 11 is 0. The molecule has 84 valence electrons. The summed E-state index contributed by atoms with van der Waals surface area (Å²) in [5, 5.41) is 4.57. The maximum Gasteiger partial charge on any atom is 0.0726 e. The molecule has 0 bridgehead atoms. The Hall–Kier alpha value is -1.61. The molecule has 16 heavy (non-hydrogen) atoms. The van der Waals surface area contributed by atoms with Gasteiger partial charge in [-0.3, -0.25) is 4.98 Å². The molecule has 0 spiro atoms. The molecule has 1 heterocycles. The number of fused-ring (bicyclic) bond motifs is 1. The summed E-state index contributed by atoms with van der Waals surface area (Å²) < 4.78 is 0. The Morgan fingerprint density at radius 3 is 2.75 bits per heavy atom. The topological polar surface area (TPSA) is 50.9 Å². The normalized spacial score (nSPS) is 11.0. The van der Waals surface area contributed by atoms with Gasteiger partial charge in [0.05, 0.1) is 11.2 Å². The van der Waals surface area contributed by atoms with Gasteiger partial charge >= 0.3 is 0 Å². The van der Waals surface area contributed by atoms with Crippen molar-refractivity contribution in [1.29, 1.82) is 0 Å². The predicted molar refractivity (Wildman–Crippen MR) is 68.4 cm³/mol. The van der Waals surface area contributed by atoms with Gasteiger partial charge < -0.3 is 11.1 Å². The van der Waals surface area contributed by atoms with E-state index in [2.05, 4.69) is 30.2 Å². The fourth-order valence-corrected chi connectivity index (χ4v) is 1.77. The average molecular weight is 215 g/mol. The zero-order valence-corrected chi connectivity index (χ0v) is 9.70. The van der Waals surface area contributed by atoms with Gasteiger partial charge in [-0.15, -0.1) is 0 Å². The van der Waals surface area contributed by atoms with Gasteiger partial charge in [-0.25, -0.2) is 0 Å². The van der Waals surface area contributed by atoms with Crippen LogP contribution in [0.25, 0.3) is 10.9 Å². The minimum Gasteiger partial charge on any atom is -0.382 e. The smallest absolute Gasteiger partial charge is 0.0726 e. The van der Waals surface area contributed by atoms with Crippen LogP contribution in [0.3, 0.4) is 0 Å². The van der Waals surface area contributed by atoms with Crippen LogP contribution in [0.5, 0.6) is 0 Å². The Bertz CT molecular complexity index is 492. The molecule has 0 aliphatic rings. The van der Waals surface area contributed by atoms with Gasteiger partial charge in [-0.2, -0.15) is 0 Å². The molecule has 3 heteroatoms. The second-order valence-corrected chi connectivity index (χ2v) is 4.18. The summed E-state index contributed by atoms with van der Waals surface area (Å²) in [4.78, 5) is 4.50. The largest absolute Gasteiger partial charge is 0.382 e.